The van der Waals surface area contributed by atoms with Gasteiger partial charge in [-0.15, -0.1) is 5.10 Å². The van der Waals surface area contributed by atoms with Gasteiger partial charge in [-0.05, 0) is 37.1 Å². The Morgan fingerprint density at radius 2 is 2.03 bits per heavy atom. The van der Waals surface area contributed by atoms with E-state index in [9.17, 15) is 22.4 Å². The van der Waals surface area contributed by atoms with E-state index in [0.717, 1.165) is 5.56 Å². The van der Waals surface area contributed by atoms with Crippen LogP contribution in [0.15, 0.2) is 59.6 Å². The number of alkyl halides is 3. The summed E-state index contributed by atoms with van der Waals surface area (Å²) in [5, 5.41) is 11.8. The monoisotopic (exact) mass is 501 g/mol. The van der Waals surface area contributed by atoms with Crippen molar-refractivity contribution in [3.05, 3.63) is 66.4 Å². The molecule has 1 unspecified atom stereocenters. The Balaban J connectivity index is 1.48. The van der Waals surface area contributed by atoms with Crippen molar-refractivity contribution in [3.63, 3.8) is 0 Å². The number of hydrogen-bond acceptors (Lipinski definition) is 6. The topological polar surface area (TPSA) is 86.3 Å². The van der Waals surface area contributed by atoms with Gasteiger partial charge in [0.25, 0.3) is 5.91 Å². The van der Waals surface area contributed by atoms with Gasteiger partial charge in [0.05, 0.1) is 25.2 Å². The van der Waals surface area contributed by atoms with E-state index >= 15 is 0 Å². The Morgan fingerprint density at radius 1 is 1.19 bits per heavy atom. The molecule has 5 rings (SSSR count). The molecule has 3 heterocycles. The number of carbonyl (C=O) groups is 1. The number of rotatable bonds is 5. The Bertz CT molecular complexity index is 1400. The largest absolute Gasteiger partial charge is 0.496 e. The van der Waals surface area contributed by atoms with Crippen LogP contribution in [-0.2, 0) is 11.2 Å². The van der Waals surface area contributed by atoms with Gasteiger partial charge >= 0.3 is 6.18 Å². The van der Waals surface area contributed by atoms with Crippen LogP contribution >= 0.6 is 0 Å². The fraction of sp³-hybridized carbons (Fsp3) is 0.250. The molecule has 12 heteroatoms. The Morgan fingerprint density at radius 3 is 2.75 bits per heavy atom. The third-order valence-corrected chi connectivity index (χ3v) is 6.01. The third-order valence-electron chi connectivity index (χ3n) is 6.01. The molecule has 0 saturated heterocycles. The van der Waals surface area contributed by atoms with Crippen LogP contribution in [0.25, 0.3) is 22.4 Å². The second-order valence-corrected chi connectivity index (χ2v) is 8.24. The second-order valence-electron chi connectivity index (χ2n) is 8.24. The minimum Gasteiger partial charge on any atom is -0.496 e. The number of anilines is 1. The van der Waals surface area contributed by atoms with Gasteiger partial charge in [0, 0.05) is 22.3 Å². The Hall–Kier alpha value is -4.22. The first kappa shape index (κ1) is 23.5. The first-order valence-electron chi connectivity index (χ1n) is 10.9. The van der Waals surface area contributed by atoms with Crippen molar-refractivity contribution in [2.45, 2.75) is 25.1 Å². The van der Waals surface area contributed by atoms with E-state index in [4.69, 9.17) is 9.26 Å². The van der Waals surface area contributed by atoms with E-state index < -0.39 is 30.5 Å². The molecule has 1 aliphatic heterocycles. The lowest BCUT2D eigenvalue weighted by atomic mass is 10.0. The minimum atomic E-state index is -4.68. The van der Waals surface area contributed by atoms with E-state index in [-0.39, 0.29) is 24.1 Å². The van der Waals surface area contributed by atoms with E-state index in [1.54, 1.807) is 24.4 Å². The van der Waals surface area contributed by atoms with Crippen molar-refractivity contribution in [1.29, 1.82) is 0 Å². The van der Waals surface area contributed by atoms with Crippen LogP contribution in [0.4, 0.5) is 23.2 Å². The van der Waals surface area contributed by atoms with Crippen molar-refractivity contribution in [1.82, 2.24) is 20.2 Å². The molecular formula is C24H19F4N5O3. The van der Waals surface area contributed by atoms with E-state index in [2.05, 4.69) is 15.5 Å². The lowest BCUT2D eigenvalue weighted by Gasteiger charge is -2.26. The average Bonchev–Trinajstić information content (AvgIpc) is 3.53. The number of amides is 1. The first-order chi connectivity index (χ1) is 17.2. The fourth-order valence-electron chi connectivity index (χ4n) is 4.33. The molecule has 4 aromatic rings. The van der Waals surface area contributed by atoms with Gasteiger partial charge in [0.2, 0.25) is 0 Å². The summed E-state index contributed by atoms with van der Waals surface area (Å²) in [5.41, 5.74) is 2.41. The van der Waals surface area contributed by atoms with Gasteiger partial charge in [-0.3, -0.25) is 4.79 Å². The number of methoxy groups -OCH3 is 1. The molecule has 0 spiro atoms. The van der Waals surface area contributed by atoms with Gasteiger partial charge in [0.15, 0.2) is 0 Å². The van der Waals surface area contributed by atoms with Crippen molar-refractivity contribution < 1.29 is 31.6 Å². The highest BCUT2D eigenvalue weighted by Gasteiger charge is 2.40. The van der Waals surface area contributed by atoms with Crippen LogP contribution in [0.5, 0.6) is 5.75 Å². The smallest absolute Gasteiger partial charge is 0.406 e. The van der Waals surface area contributed by atoms with Crippen molar-refractivity contribution in [2.24, 2.45) is 0 Å². The number of benzene rings is 2. The molecular weight excluding hydrogens is 482 g/mol. The molecule has 0 bridgehead atoms. The van der Waals surface area contributed by atoms with Crippen molar-refractivity contribution in [2.75, 3.05) is 18.6 Å². The predicted octanol–water partition coefficient (Wildman–Crippen LogP) is 4.83. The molecule has 0 aliphatic carbocycles. The maximum Gasteiger partial charge on any atom is 0.406 e. The number of ether oxygens (including phenoxy) is 1. The third kappa shape index (κ3) is 4.41. The fourth-order valence-corrected chi connectivity index (χ4v) is 4.33. The molecule has 1 atom stereocenters. The maximum absolute atomic E-state index is 14.5. The van der Waals surface area contributed by atoms with Crippen molar-refractivity contribution in [3.8, 4) is 28.1 Å². The number of fused-ring (bicyclic) bond motifs is 1. The lowest BCUT2D eigenvalue weighted by molar-refractivity contribution is -0.134. The molecule has 2 aromatic heterocycles. The van der Waals surface area contributed by atoms with E-state index in [1.165, 1.54) is 42.5 Å². The zero-order chi connectivity index (χ0) is 25.4. The minimum absolute atomic E-state index is 0.0552. The molecule has 8 nitrogen and oxygen atoms in total. The van der Waals surface area contributed by atoms with Gasteiger partial charge in [-0.2, -0.15) is 13.2 Å². The second kappa shape index (κ2) is 9.10. The van der Waals surface area contributed by atoms with Crippen LogP contribution in [0.3, 0.4) is 0 Å². The summed E-state index contributed by atoms with van der Waals surface area (Å²) in [6, 6.07) is 7.93. The normalized spacial score (nSPS) is 16.1. The molecule has 0 saturated carbocycles. The molecule has 36 heavy (non-hydrogen) atoms. The first-order valence-corrected chi connectivity index (χ1v) is 10.9. The SMILES string of the molecule is COc1cc(-c2cn(C3CCc4c(F)cccc4N(CC(F)(F)F)C3=O)nn2)ccc1-c1cnoc1. The number of halogens is 4. The van der Waals surface area contributed by atoms with Gasteiger partial charge < -0.3 is 14.2 Å². The van der Waals surface area contributed by atoms with Crippen LogP contribution in [-0.4, -0.2) is 45.9 Å². The summed E-state index contributed by atoms with van der Waals surface area (Å²) in [6.07, 6.45) is -0.0695. The van der Waals surface area contributed by atoms with Gasteiger partial charge in [-0.1, -0.05) is 22.5 Å². The summed E-state index contributed by atoms with van der Waals surface area (Å²) in [7, 11) is 1.50. The van der Waals surface area contributed by atoms with Gasteiger partial charge in [-0.25, -0.2) is 9.07 Å². The highest BCUT2D eigenvalue weighted by atomic mass is 19.4. The van der Waals surface area contributed by atoms with E-state index in [1.807, 2.05) is 0 Å². The van der Waals surface area contributed by atoms with E-state index in [0.29, 0.717) is 27.5 Å². The summed E-state index contributed by atoms with van der Waals surface area (Å²) < 4.78 is 66.1. The molecule has 0 N–H and O–H groups in total. The molecule has 1 amide bonds. The highest BCUT2D eigenvalue weighted by Crippen LogP contribution is 2.36. The number of carbonyl (C=O) groups excluding carboxylic acids is 1. The highest BCUT2D eigenvalue weighted by molar-refractivity contribution is 5.97. The standard InChI is InChI=1S/C24H19F4N5O3/c1-35-22-9-14(5-6-16(22)15-10-29-36-12-15)19-11-33(31-30-19)21-8-7-17-18(25)3-2-4-20(17)32(23(21)34)13-24(26,27)28/h2-6,9-12,21H,7-8,13H2,1H3. The summed E-state index contributed by atoms with van der Waals surface area (Å²) in [5.74, 6) is -0.987. The number of hydrogen-bond donors (Lipinski definition) is 0. The zero-order valence-corrected chi connectivity index (χ0v) is 18.9. The van der Waals surface area contributed by atoms with Crippen LogP contribution in [0.2, 0.25) is 0 Å². The zero-order valence-electron chi connectivity index (χ0n) is 18.9. The van der Waals surface area contributed by atoms with Crippen LogP contribution < -0.4 is 9.64 Å². The van der Waals surface area contributed by atoms with Gasteiger partial charge in [0.1, 0.15) is 36.1 Å². The summed E-state index contributed by atoms with van der Waals surface area (Å²) >= 11 is 0. The lowest BCUT2D eigenvalue weighted by Crippen LogP contribution is -2.42. The Kier molecular flexibility index (Phi) is 5.94. The maximum atomic E-state index is 14.5. The van der Waals surface area contributed by atoms with Crippen molar-refractivity contribution >= 4 is 11.6 Å². The average molecular weight is 501 g/mol. The van der Waals surface area contributed by atoms with Crippen LogP contribution in [0, 0.1) is 5.82 Å². The molecule has 0 radical (unpaired) electrons. The Labute approximate surface area is 202 Å². The molecule has 0 fully saturated rings. The molecule has 186 valence electrons. The predicted molar refractivity (Wildman–Crippen MR) is 120 cm³/mol. The van der Waals surface area contributed by atoms with Crippen LogP contribution in [0.1, 0.15) is 18.0 Å². The quantitative estimate of drug-likeness (QED) is 0.364. The number of nitrogens with zero attached hydrogens (tertiary/aromatic N) is 5. The molecule has 1 aliphatic rings. The summed E-state index contributed by atoms with van der Waals surface area (Å²) in [4.78, 5) is 13.9. The number of aromatic nitrogens is 4. The summed E-state index contributed by atoms with van der Waals surface area (Å²) in [6.45, 7) is -1.54. The molecule has 2 aromatic carbocycles.